The predicted molar refractivity (Wildman–Crippen MR) is 64.3 cm³/mol. The van der Waals surface area contributed by atoms with Crippen LogP contribution in [-0.2, 0) is 12.6 Å². The summed E-state index contributed by atoms with van der Waals surface area (Å²) in [5.41, 5.74) is 0.407. The van der Waals surface area contributed by atoms with Crippen molar-refractivity contribution >= 4 is 11.0 Å². The van der Waals surface area contributed by atoms with Gasteiger partial charge in [-0.05, 0) is 24.6 Å². The fourth-order valence-corrected chi connectivity index (χ4v) is 1.90. The lowest BCUT2D eigenvalue weighted by Crippen LogP contribution is -2.04. The van der Waals surface area contributed by atoms with Gasteiger partial charge < -0.3 is 4.98 Å². The Kier molecular flexibility index (Phi) is 3.59. The number of nitrogens with zero attached hydrogens (tertiary/aromatic N) is 1. The molecule has 0 saturated heterocycles. The van der Waals surface area contributed by atoms with Gasteiger partial charge in [-0.2, -0.15) is 13.2 Å². The van der Waals surface area contributed by atoms with Crippen LogP contribution < -0.4 is 0 Å². The van der Waals surface area contributed by atoms with Gasteiger partial charge in [-0.1, -0.05) is 19.8 Å². The molecule has 0 aliphatic carbocycles. The van der Waals surface area contributed by atoms with Crippen LogP contribution in [0.5, 0.6) is 0 Å². The largest absolute Gasteiger partial charge is 0.416 e. The first-order chi connectivity index (χ1) is 8.50. The standard InChI is InChI=1S/C13H15F3N2/c1-2-3-4-5-12-17-10-7-6-9(13(14,15)16)8-11(10)18-12/h6-8H,2-5H2,1H3,(H,17,18). The van der Waals surface area contributed by atoms with Crippen molar-refractivity contribution in [1.29, 1.82) is 0 Å². The van der Waals surface area contributed by atoms with Gasteiger partial charge in [0.15, 0.2) is 0 Å². The third-order valence-electron chi connectivity index (χ3n) is 2.88. The van der Waals surface area contributed by atoms with E-state index in [1.807, 2.05) is 0 Å². The van der Waals surface area contributed by atoms with Crippen molar-refractivity contribution < 1.29 is 13.2 Å². The first kappa shape index (κ1) is 12.9. The van der Waals surface area contributed by atoms with Crippen LogP contribution in [0.15, 0.2) is 18.2 Å². The third kappa shape index (κ3) is 2.83. The molecule has 0 aliphatic heterocycles. The quantitative estimate of drug-likeness (QED) is 0.811. The fraction of sp³-hybridized carbons (Fsp3) is 0.462. The second-order valence-electron chi connectivity index (χ2n) is 4.37. The monoisotopic (exact) mass is 256 g/mol. The molecular weight excluding hydrogens is 241 g/mol. The van der Waals surface area contributed by atoms with Crippen LogP contribution in [0.1, 0.15) is 37.6 Å². The summed E-state index contributed by atoms with van der Waals surface area (Å²) in [6.45, 7) is 2.11. The minimum atomic E-state index is -4.30. The van der Waals surface area contributed by atoms with E-state index in [4.69, 9.17) is 0 Å². The van der Waals surface area contributed by atoms with Crippen molar-refractivity contribution in [2.75, 3.05) is 0 Å². The normalized spacial score (nSPS) is 12.2. The van der Waals surface area contributed by atoms with E-state index in [1.54, 1.807) is 0 Å². The number of aromatic nitrogens is 2. The maximum Gasteiger partial charge on any atom is 0.416 e. The van der Waals surface area contributed by atoms with Crippen LogP contribution in [0.4, 0.5) is 13.2 Å². The lowest BCUT2D eigenvalue weighted by atomic mass is 10.2. The molecule has 0 aliphatic rings. The van der Waals surface area contributed by atoms with Crippen molar-refractivity contribution in [3.05, 3.63) is 29.6 Å². The molecule has 0 bridgehead atoms. The molecule has 1 heterocycles. The van der Waals surface area contributed by atoms with Gasteiger partial charge in [0.2, 0.25) is 0 Å². The molecule has 0 amide bonds. The van der Waals surface area contributed by atoms with E-state index in [0.29, 0.717) is 11.0 Å². The number of halogens is 3. The summed E-state index contributed by atoms with van der Waals surface area (Å²) in [7, 11) is 0. The summed E-state index contributed by atoms with van der Waals surface area (Å²) in [5.74, 6) is 0.762. The Morgan fingerprint density at radius 3 is 2.67 bits per heavy atom. The number of aromatic amines is 1. The summed E-state index contributed by atoms with van der Waals surface area (Å²) in [5, 5.41) is 0. The van der Waals surface area contributed by atoms with E-state index in [9.17, 15) is 13.2 Å². The third-order valence-corrected chi connectivity index (χ3v) is 2.88. The number of H-pyrrole nitrogens is 1. The maximum atomic E-state index is 12.5. The van der Waals surface area contributed by atoms with Crippen molar-refractivity contribution in [3.8, 4) is 0 Å². The average Bonchev–Trinajstić information content (AvgIpc) is 2.69. The van der Waals surface area contributed by atoms with Gasteiger partial charge in [0.25, 0.3) is 0 Å². The highest BCUT2D eigenvalue weighted by atomic mass is 19.4. The van der Waals surface area contributed by atoms with Crippen LogP contribution in [0.3, 0.4) is 0 Å². The Morgan fingerprint density at radius 2 is 2.00 bits per heavy atom. The average molecular weight is 256 g/mol. The molecule has 0 saturated carbocycles. The van der Waals surface area contributed by atoms with Gasteiger partial charge in [0.1, 0.15) is 5.82 Å². The van der Waals surface area contributed by atoms with Gasteiger partial charge in [-0.15, -0.1) is 0 Å². The molecule has 2 rings (SSSR count). The van der Waals surface area contributed by atoms with E-state index in [-0.39, 0.29) is 0 Å². The molecule has 18 heavy (non-hydrogen) atoms. The van der Waals surface area contributed by atoms with Crippen LogP contribution in [0.2, 0.25) is 0 Å². The van der Waals surface area contributed by atoms with Crippen molar-refractivity contribution in [3.63, 3.8) is 0 Å². The van der Waals surface area contributed by atoms with Crippen molar-refractivity contribution in [2.45, 2.75) is 38.8 Å². The number of imidazole rings is 1. The highest BCUT2D eigenvalue weighted by molar-refractivity contribution is 5.76. The van der Waals surface area contributed by atoms with Crippen LogP contribution in [-0.4, -0.2) is 9.97 Å². The van der Waals surface area contributed by atoms with Crippen molar-refractivity contribution in [2.24, 2.45) is 0 Å². The van der Waals surface area contributed by atoms with Crippen LogP contribution >= 0.6 is 0 Å². The number of rotatable bonds is 4. The maximum absolute atomic E-state index is 12.5. The van der Waals surface area contributed by atoms with Crippen molar-refractivity contribution in [1.82, 2.24) is 9.97 Å². The minimum absolute atomic E-state index is 0.455. The Bertz CT molecular complexity index is 529. The van der Waals surface area contributed by atoms with E-state index >= 15 is 0 Å². The zero-order chi connectivity index (χ0) is 13.2. The number of aryl methyl sites for hydroxylation is 1. The molecule has 1 aromatic carbocycles. The number of hydrogen-bond donors (Lipinski definition) is 1. The number of hydrogen-bond acceptors (Lipinski definition) is 1. The summed E-state index contributed by atoms with van der Waals surface area (Å²) >= 11 is 0. The SMILES string of the molecule is CCCCCc1nc2ccc(C(F)(F)F)cc2[nH]1. The number of alkyl halides is 3. The van der Waals surface area contributed by atoms with Gasteiger partial charge >= 0.3 is 6.18 Å². The van der Waals surface area contributed by atoms with Gasteiger partial charge in [0, 0.05) is 6.42 Å². The number of benzene rings is 1. The number of unbranched alkanes of at least 4 members (excludes halogenated alkanes) is 2. The fourth-order valence-electron chi connectivity index (χ4n) is 1.90. The highest BCUT2D eigenvalue weighted by Gasteiger charge is 2.30. The predicted octanol–water partition coefficient (Wildman–Crippen LogP) is 4.31. The first-order valence-corrected chi connectivity index (χ1v) is 6.06. The van der Waals surface area contributed by atoms with E-state index in [2.05, 4.69) is 16.9 Å². The summed E-state index contributed by atoms with van der Waals surface area (Å²) in [4.78, 5) is 7.24. The topological polar surface area (TPSA) is 28.7 Å². The first-order valence-electron chi connectivity index (χ1n) is 6.06. The molecule has 5 heteroatoms. The van der Waals surface area contributed by atoms with Gasteiger partial charge in [-0.25, -0.2) is 4.98 Å². The Morgan fingerprint density at radius 1 is 1.22 bits per heavy atom. The zero-order valence-electron chi connectivity index (χ0n) is 10.1. The summed E-state index contributed by atoms with van der Waals surface area (Å²) in [6, 6.07) is 3.60. The molecule has 0 radical (unpaired) electrons. The Hall–Kier alpha value is -1.52. The molecule has 2 aromatic rings. The molecule has 0 spiro atoms. The second-order valence-corrected chi connectivity index (χ2v) is 4.37. The van der Waals surface area contributed by atoms with E-state index < -0.39 is 11.7 Å². The van der Waals surface area contributed by atoms with Gasteiger partial charge in [-0.3, -0.25) is 0 Å². The number of fused-ring (bicyclic) bond motifs is 1. The molecule has 0 atom stereocenters. The van der Waals surface area contributed by atoms with Gasteiger partial charge in [0.05, 0.1) is 16.6 Å². The number of nitrogens with one attached hydrogen (secondary N) is 1. The highest BCUT2D eigenvalue weighted by Crippen LogP contribution is 2.30. The molecule has 2 nitrogen and oxygen atoms in total. The lowest BCUT2D eigenvalue weighted by molar-refractivity contribution is -0.137. The molecule has 1 aromatic heterocycles. The molecular formula is C13H15F3N2. The second kappa shape index (κ2) is 5.00. The van der Waals surface area contributed by atoms with Crippen LogP contribution in [0.25, 0.3) is 11.0 Å². The summed E-state index contributed by atoms with van der Waals surface area (Å²) in [6.07, 6.45) is -0.308. The Labute approximate surface area is 103 Å². The smallest absolute Gasteiger partial charge is 0.342 e. The zero-order valence-corrected chi connectivity index (χ0v) is 10.1. The molecule has 0 unspecified atom stereocenters. The molecule has 98 valence electrons. The minimum Gasteiger partial charge on any atom is -0.342 e. The Balaban J connectivity index is 2.23. The van der Waals surface area contributed by atoms with E-state index in [1.165, 1.54) is 6.07 Å². The lowest BCUT2D eigenvalue weighted by Gasteiger charge is -2.05. The molecule has 0 fully saturated rings. The molecule has 1 N–H and O–H groups in total. The summed E-state index contributed by atoms with van der Waals surface area (Å²) < 4.78 is 37.6. The van der Waals surface area contributed by atoms with Crippen LogP contribution in [0, 0.1) is 0 Å². The van der Waals surface area contributed by atoms with E-state index in [0.717, 1.165) is 43.6 Å².